The molecule has 0 radical (unpaired) electrons. The standard InChI is InChI=1S/C9H11FN2O4/c10-7-5(3-13)4-16-8(7)12-2-1-6(14)11-9(12)15/h1-2,5,7-8,13H,3-4H2,(H,11,14,15)/t5-,7-,8-/m1/s1. The molecule has 0 spiro atoms. The zero-order chi connectivity index (χ0) is 11.7. The summed E-state index contributed by atoms with van der Waals surface area (Å²) in [5.41, 5.74) is -1.27. The minimum Gasteiger partial charge on any atom is -0.396 e. The number of aromatic amines is 1. The van der Waals surface area contributed by atoms with Crippen LogP contribution in [0.1, 0.15) is 6.23 Å². The van der Waals surface area contributed by atoms with Crippen LogP contribution in [-0.4, -0.2) is 34.0 Å². The van der Waals surface area contributed by atoms with Gasteiger partial charge in [-0.2, -0.15) is 0 Å². The topological polar surface area (TPSA) is 84.3 Å². The van der Waals surface area contributed by atoms with Crippen LogP contribution in [0, 0.1) is 5.92 Å². The fraction of sp³-hybridized carbons (Fsp3) is 0.556. The normalized spacial score (nSPS) is 29.5. The molecule has 16 heavy (non-hydrogen) atoms. The van der Waals surface area contributed by atoms with Crippen LogP contribution in [0.2, 0.25) is 0 Å². The highest BCUT2D eigenvalue weighted by atomic mass is 19.1. The van der Waals surface area contributed by atoms with Gasteiger partial charge in [-0.05, 0) is 0 Å². The Morgan fingerprint density at radius 1 is 1.62 bits per heavy atom. The molecule has 0 bridgehead atoms. The van der Waals surface area contributed by atoms with Crippen molar-refractivity contribution in [2.45, 2.75) is 12.4 Å². The maximum absolute atomic E-state index is 13.7. The molecule has 0 aromatic carbocycles. The summed E-state index contributed by atoms with van der Waals surface area (Å²) < 4.78 is 19.7. The molecule has 1 aromatic heterocycles. The van der Waals surface area contributed by atoms with Gasteiger partial charge in [-0.25, -0.2) is 9.18 Å². The van der Waals surface area contributed by atoms with E-state index >= 15 is 0 Å². The molecular weight excluding hydrogens is 219 g/mol. The van der Waals surface area contributed by atoms with E-state index in [1.165, 1.54) is 6.20 Å². The van der Waals surface area contributed by atoms with Crippen LogP contribution in [-0.2, 0) is 4.74 Å². The lowest BCUT2D eigenvalue weighted by Crippen LogP contribution is -2.35. The monoisotopic (exact) mass is 230 g/mol. The van der Waals surface area contributed by atoms with E-state index in [1.807, 2.05) is 4.98 Å². The van der Waals surface area contributed by atoms with Crippen LogP contribution >= 0.6 is 0 Å². The van der Waals surface area contributed by atoms with Crippen LogP contribution in [0.3, 0.4) is 0 Å². The maximum atomic E-state index is 13.7. The zero-order valence-electron chi connectivity index (χ0n) is 8.30. The Labute approximate surface area is 89.3 Å². The van der Waals surface area contributed by atoms with Gasteiger partial charge in [0.2, 0.25) is 0 Å². The molecule has 6 nitrogen and oxygen atoms in total. The van der Waals surface area contributed by atoms with Gasteiger partial charge in [0, 0.05) is 18.2 Å². The first kappa shape index (κ1) is 11.0. The lowest BCUT2D eigenvalue weighted by molar-refractivity contribution is 0.0176. The minimum atomic E-state index is -1.46. The largest absolute Gasteiger partial charge is 0.396 e. The Bertz CT molecular complexity index is 483. The van der Waals surface area contributed by atoms with Gasteiger partial charge in [-0.3, -0.25) is 14.3 Å². The SMILES string of the molecule is O=c1ccn([C@@H]2OC[C@@H](CO)[C@H]2F)c(=O)[nH]1. The number of alkyl halides is 1. The van der Waals surface area contributed by atoms with Gasteiger partial charge in [-0.15, -0.1) is 0 Å². The van der Waals surface area contributed by atoms with E-state index in [1.54, 1.807) is 0 Å². The molecule has 2 rings (SSSR count). The number of aliphatic hydroxyl groups is 1. The Kier molecular flexibility index (Phi) is 2.88. The first-order valence-corrected chi connectivity index (χ1v) is 4.81. The van der Waals surface area contributed by atoms with Gasteiger partial charge in [0.25, 0.3) is 5.56 Å². The smallest absolute Gasteiger partial charge is 0.330 e. The van der Waals surface area contributed by atoms with E-state index in [0.717, 1.165) is 10.6 Å². The fourth-order valence-electron chi connectivity index (χ4n) is 1.65. The van der Waals surface area contributed by atoms with Crippen molar-refractivity contribution in [3.8, 4) is 0 Å². The molecule has 0 amide bonds. The average molecular weight is 230 g/mol. The van der Waals surface area contributed by atoms with Gasteiger partial charge in [0.05, 0.1) is 13.2 Å². The first-order chi connectivity index (χ1) is 7.63. The predicted molar refractivity (Wildman–Crippen MR) is 51.8 cm³/mol. The summed E-state index contributed by atoms with van der Waals surface area (Å²) in [4.78, 5) is 24.2. The number of aliphatic hydroxyl groups excluding tert-OH is 1. The quantitative estimate of drug-likeness (QED) is 0.683. The van der Waals surface area contributed by atoms with E-state index in [9.17, 15) is 14.0 Å². The van der Waals surface area contributed by atoms with E-state index in [4.69, 9.17) is 9.84 Å². The minimum absolute atomic E-state index is 0.0495. The molecule has 0 aliphatic carbocycles. The van der Waals surface area contributed by atoms with Gasteiger partial charge < -0.3 is 9.84 Å². The predicted octanol–water partition coefficient (Wildman–Crippen LogP) is -0.988. The van der Waals surface area contributed by atoms with Crippen molar-refractivity contribution in [1.82, 2.24) is 9.55 Å². The molecule has 7 heteroatoms. The molecule has 1 aliphatic heterocycles. The van der Waals surface area contributed by atoms with Crippen molar-refractivity contribution in [1.29, 1.82) is 0 Å². The van der Waals surface area contributed by atoms with Crippen LogP contribution in [0.15, 0.2) is 21.9 Å². The number of ether oxygens (including phenoxy) is 1. The molecule has 0 saturated carbocycles. The number of rotatable bonds is 2. The third kappa shape index (κ3) is 1.79. The van der Waals surface area contributed by atoms with Gasteiger partial charge in [0.1, 0.15) is 0 Å². The van der Waals surface area contributed by atoms with Crippen LogP contribution in [0.5, 0.6) is 0 Å². The zero-order valence-corrected chi connectivity index (χ0v) is 8.30. The number of aromatic nitrogens is 2. The molecule has 1 fully saturated rings. The molecule has 1 aromatic rings. The lowest BCUT2D eigenvalue weighted by Gasteiger charge is -2.15. The number of halogens is 1. The summed E-state index contributed by atoms with van der Waals surface area (Å²) in [6.07, 6.45) is -1.37. The van der Waals surface area contributed by atoms with Gasteiger partial charge in [0.15, 0.2) is 12.4 Å². The summed E-state index contributed by atoms with van der Waals surface area (Å²) in [5, 5.41) is 8.85. The molecule has 2 N–H and O–H groups in total. The highest BCUT2D eigenvalue weighted by molar-refractivity contribution is 4.89. The lowest BCUT2D eigenvalue weighted by atomic mass is 10.1. The molecule has 1 saturated heterocycles. The Morgan fingerprint density at radius 3 is 2.94 bits per heavy atom. The van der Waals surface area contributed by atoms with Crippen LogP contribution < -0.4 is 11.2 Å². The first-order valence-electron chi connectivity index (χ1n) is 4.81. The van der Waals surface area contributed by atoms with Crippen molar-refractivity contribution in [3.63, 3.8) is 0 Å². The third-order valence-corrected chi connectivity index (χ3v) is 2.56. The average Bonchev–Trinajstić information content (AvgIpc) is 2.60. The molecule has 1 aliphatic rings. The van der Waals surface area contributed by atoms with Crippen LogP contribution in [0.4, 0.5) is 4.39 Å². The van der Waals surface area contributed by atoms with E-state index in [-0.39, 0.29) is 13.2 Å². The van der Waals surface area contributed by atoms with Gasteiger partial charge >= 0.3 is 5.69 Å². The molecule has 3 atom stereocenters. The molecule has 88 valence electrons. The number of hydrogen-bond donors (Lipinski definition) is 2. The highest BCUT2D eigenvalue weighted by Gasteiger charge is 2.38. The van der Waals surface area contributed by atoms with Gasteiger partial charge in [-0.1, -0.05) is 0 Å². The van der Waals surface area contributed by atoms with E-state index in [0.29, 0.717) is 0 Å². The van der Waals surface area contributed by atoms with E-state index < -0.39 is 29.6 Å². The second kappa shape index (κ2) is 4.18. The number of H-pyrrole nitrogens is 1. The Hall–Kier alpha value is -1.47. The van der Waals surface area contributed by atoms with E-state index in [2.05, 4.69) is 0 Å². The Morgan fingerprint density at radius 2 is 2.38 bits per heavy atom. The molecule has 0 unspecified atom stereocenters. The highest BCUT2D eigenvalue weighted by Crippen LogP contribution is 2.29. The third-order valence-electron chi connectivity index (χ3n) is 2.56. The number of nitrogens with one attached hydrogen (secondary N) is 1. The summed E-state index contributed by atoms with van der Waals surface area (Å²) in [5.74, 6) is -0.635. The summed E-state index contributed by atoms with van der Waals surface area (Å²) in [7, 11) is 0. The van der Waals surface area contributed by atoms with Crippen molar-refractivity contribution >= 4 is 0 Å². The second-order valence-electron chi connectivity index (χ2n) is 3.63. The number of hydrogen-bond acceptors (Lipinski definition) is 4. The van der Waals surface area contributed by atoms with Crippen molar-refractivity contribution in [2.75, 3.05) is 13.2 Å². The molecular formula is C9H11FN2O4. The number of nitrogens with zero attached hydrogens (tertiary/aromatic N) is 1. The summed E-state index contributed by atoms with van der Waals surface area (Å²) >= 11 is 0. The second-order valence-corrected chi connectivity index (χ2v) is 3.63. The Balaban J connectivity index is 2.32. The maximum Gasteiger partial charge on any atom is 0.330 e. The summed E-state index contributed by atoms with van der Waals surface area (Å²) in [6, 6.07) is 1.11. The fourth-order valence-corrected chi connectivity index (χ4v) is 1.65. The van der Waals surface area contributed by atoms with Crippen LogP contribution in [0.25, 0.3) is 0 Å². The van der Waals surface area contributed by atoms with Crippen molar-refractivity contribution in [2.24, 2.45) is 5.92 Å². The summed E-state index contributed by atoms with van der Waals surface area (Å²) in [6.45, 7) is -0.288. The van der Waals surface area contributed by atoms with Crippen molar-refractivity contribution < 1.29 is 14.2 Å². The molecule has 2 heterocycles. The van der Waals surface area contributed by atoms with Crippen molar-refractivity contribution in [3.05, 3.63) is 33.1 Å².